The minimum atomic E-state index is 0.0165. The molecule has 3 aromatic rings. The molecular formula is C23H26N4O3S. The van der Waals surface area contributed by atoms with Crippen LogP contribution in [0.15, 0.2) is 36.4 Å². The number of nitrogens with one attached hydrogen (secondary N) is 1. The Morgan fingerprint density at radius 2 is 2.16 bits per heavy atom. The summed E-state index contributed by atoms with van der Waals surface area (Å²) in [5.41, 5.74) is 4.93. The molecule has 2 N–H and O–H groups in total. The number of nitrogens with zero attached hydrogens (tertiary/aromatic N) is 3. The summed E-state index contributed by atoms with van der Waals surface area (Å²) in [5, 5.41) is 13.1. The fourth-order valence-corrected chi connectivity index (χ4v) is 4.33. The molecule has 1 amide bonds. The van der Waals surface area contributed by atoms with Gasteiger partial charge in [-0.25, -0.2) is 4.98 Å². The predicted octanol–water partition coefficient (Wildman–Crippen LogP) is 3.58. The number of hydrogen-bond donors (Lipinski definition) is 2. The molecule has 2 aromatic carbocycles. The lowest BCUT2D eigenvalue weighted by Crippen LogP contribution is -2.34. The summed E-state index contributed by atoms with van der Waals surface area (Å²) in [7, 11) is 0. The van der Waals surface area contributed by atoms with Gasteiger partial charge < -0.3 is 20.1 Å². The molecule has 0 atom stereocenters. The zero-order valence-corrected chi connectivity index (χ0v) is 18.5. The van der Waals surface area contributed by atoms with Crippen LogP contribution in [0.1, 0.15) is 23.4 Å². The highest BCUT2D eigenvalue weighted by atomic mass is 32.1. The number of anilines is 2. The molecule has 31 heavy (non-hydrogen) atoms. The van der Waals surface area contributed by atoms with E-state index in [0.717, 1.165) is 51.1 Å². The quantitative estimate of drug-likeness (QED) is 0.523. The minimum absolute atomic E-state index is 0.0165. The van der Waals surface area contributed by atoms with Crippen LogP contribution >= 0.6 is 11.5 Å². The molecule has 0 bridgehead atoms. The third kappa shape index (κ3) is 4.70. The Labute approximate surface area is 185 Å². The van der Waals surface area contributed by atoms with Gasteiger partial charge in [-0.05, 0) is 55.6 Å². The van der Waals surface area contributed by atoms with Gasteiger partial charge in [0, 0.05) is 36.4 Å². The third-order valence-corrected chi connectivity index (χ3v) is 6.14. The van der Waals surface area contributed by atoms with Crippen molar-refractivity contribution < 1.29 is 14.6 Å². The van der Waals surface area contributed by atoms with Crippen molar-refractivity contribution in [3.8, 4) is 16.3 Å². The third-order valence-electron chi connectivity index (χ3n) is 5.29. The van der Waals surface area contributed by atoms with Crippen LogP contribution in [0, 0.1) is 13.8 Å². The van der Waals surface area contributed by atoms with Crippen molar-refractivity contribution in [2.45, 2.75) is 26.7 Å². The second-order valence-corrected chi connectivity index (χ2v) is 8.26. The fourth-order valence-electron chi connectivity index (χ4n) is 3.67. The van der Waals surface area contributed by atoms with Crippen LogP contribution < -0.4 is 15.0 Å². The summed E-state index contributed by atoms with van der Waals surface area (Å²) in [6.45, 7) is 5.30. The van der Waals surface area contributed by atoms with E-state index in [2.05, 4.69) is 14.7 Å². The molecule has 2 heterocycles. The van der Waals surface area contributed by atoms with Gasteiger partial charge in [0.2, 0.25) is 5.91 Å². The summed E-state index contributed by atoms with van der Waals surface area (Å²) >= 11 is 1.37. The normalized spacial score (nSPS) is 12.7. The second-order valence-electron chi connectivity index (χ2n) is 7.50. The average Bonchev–Trinajstić information content (AvgIpc) is 3.40. The Hall–Kier alpha value is -2.97. The van der Waals surface area contributed by atoms with Gasteiger partial charge in [0.05, 0.1) is 18.8 Å². The van der Waals surface area contributed by atoms with Crippen molar-refractivity contribution in [3.63, 3.8) is 0 Å². The summed E-state index contributed by atoms with van der Waals surface area (Å²) in [6.07, 6.45) is 1.35. The van der Waals surface area contributed by atoms with Gasteiger partial charge in [-0.15, -0.1) is 0 Å². The molecular weight excluding hydrogens is 412 g/mol. The highest BCUT2D eigenvalue weighted by molar-refractivity contribution is 7.09. The molecule has 0 aliphatic carbocycles. The molecule has 1 aliphatic heterocycles. The van der Waals surface area contributed by atoms with E-state index in [0.29, 0.717) is 19.6 Å². The predicted molar refractivity (Wildman–Crippen MR) is 123 cm³/mol. The van der Waals surface area contributed by atoms with Crippen LogP contribution in [0.4, 0.5) is 11.4 Å². The average molecular weight is 439 g/mol. The Morgan fingerprint density at radius 3 is 2.94 bits per heavy atom. The van der Waals surface area contributed by atoms with Crippen LogP contribution in [-0.4, -0.2) is 46.7 Å². The Kier molecular flexibility index (Phi) is 6.48. The number of aliphatic hydroxyl groups excluding tert-OH is 1. The summed E-state index contributed by atoms with van der Waals surface area (Å²) in [5.74, 6) is 1.57. The van der Waals surface area contributed by atoms with E-state index in [9.17, 15) is 4.79 Å². The van der Waals surface area contributed by atoms with Gasteiger partial charge >= 0.3 is 0 Å². The molecule has 1 aliphatic rings. The Bertz CT molecular complexity index is 1080. The summed E-state index contributed by atoms with van der Waals surface area (Å²) < 4.78 is 10.0. The molecule has 8 heteroatoms. The molecule has 4 rings (SSSR count). The van der Waals surface area contributed by atoms with Crippen molar-refractivity contribution in [1.29, 1.82) is 0 Å². The van der Waals surface area contributed by atoms with Crippen LogP contribution in [-0.2, 0) is 11.2 Å². The molecule has 162 valence electrons. The summed E-state index contributed by atoms with van der Waals surface area (Å²) in [6, 6.07) is 11.9. The number of rotatable bonds is 8. The van der Waals surface area contributed by atoms with Crippen LogP contribution in [0.25, 0.3) is 10.6 Å². The second kappa shape index (κ2) is 9.45. The molecule has 0 saturated carbocycles. The smallest absolute Gasteiger partial charge is 0.246 e. The summed E-state index contributed by atoms with van der Waals surface area (Å²) in [4.78, 5) is 19.3. The minimum Gasteiger partial charge on any atom is -0.493 e. The van der Waals surface area contributed by atoms with Gasteiger partial charge in [-0.1, -0.05) is 18.2 Å². The van der Waals surface area contributed by atoms with Gasteiger partial charge in [0.15, 0.2) is 0 Å². The maximum absolute atomic E-state index is 13.0. The van der Waals surface area contributed by atoms with Gasteiger partial charge in [-0.3, -0.25) is 4.79 Å². The fraction of sp³-hybridized carbons (Fsp3) is 0.348. The first-order valence-electron chi connectivity index (χ1n) is 10.4. The lowest BCUT2D eigenvalue weighted by atomic mass is 10.1. The highest BCUT2D eigenvalue weighted by Crippen LogP contribution is 2.35. The van der Waals surface area contributed by atoms with E-state index in [-0.39, 0.29) is 19.1 Å². The molecule has 0 radical (unpaired) electrons. The maximum atomic E-state index is 13.0. The Morgan fingerprint density at radius 1 is 1.29 bits per heavy atom. The number of aromatic nitrogens is 2. The number of benzene rings is 2. The van der Waals surface area contributed by atoms with E-state index in [1.807, 2.05) is 55.1 Å². The number of ether oxygens (including phenoxy) is 1. The van der Waals surface area contributed by atoms with E-state index in [4.69, 9.17) is 9.84 Å². The molecule has 0 unspecified atom stereocenters. The number of fused-ring (bicyclic) bond motifs is 1. The maximum Gasteiger partial charge on any atom is 0.246 e. The van der Waals surface area contributed by atoms with Gasteiger partial charge in [-0.2, -0.15) is 4.37 Å². The lowest BCUT2D eigenvalue weighted by Gasteiger charge is -2.19. The first-order valence-corrected chi connectivity index (χ1v) is 11.2. The number of hydrogen-bond acceptors (Lipinski definition) is 7. The van der Waals surface area contributed by atoms with Gasteiger partial charge in [0.25, 0.3) is 0 Å². The van der Waals surface area contributed by atoms with Crippen LogP contribution in [0.5, 0.6) is 5.75 Å². The Balaban J connectivity index is 1.44. The van der Waals surface area contributed by atoms with Gasteiger partial charge in [0.1, 0.15) is 16.6 Å². The van der Waals surface area contributed by atoms with Crippen LogP contribution in [0.3, 0.4) is 0 Å². The molecule has 0 saturated heterocycles. The molecule has 0 fully saturated rings. The lowest BCUT2D eigenvalue weighted by molar-refractivity contribution is -0.116. The van der Waals surface area contributed by atoms with E-state index >= 15 is 0 Å². The van der Waals surface area contributed by atoms with Crippen molar-refractivity contribution in [1.82, 2.24) is 9.36 Å². The van der Waals surface area contributed by atoms with Crippen molar-refractivity contribution in [2.24, 2.45) is 0 Å². The molecule has 7 nitrogen and oxygen atoms in total. The van der Waals surface area contributed by atoms with Crippen LogP contribution in [0.2, 0.25) is 0 Å². The zero-order valence-electron chi connectivity index (χ0n) is 17.7. The molecule has 1 aromatic heterocycles. The van der Waals surface area contributed by atoms with Crippen molar-refractivity contribution >= 4 is 28.8 Å². The highest BCUT2D eigenvalue weighted by Gasteiger charge is 2.27. The number of carbonyl (C=O) groups is 1. The van der Waals surface area contributed by atoms with E-state index < -0.39 is 0 Å². The number of aryl methyl sites for hydroxylation is 2. The van der Waals surface area contributed by atoms with Crippen molar-refractivity contribution in [2.75, 3.05) is 36.5 Å². The number of carbonyl (C=O) groups excluding carboxylic acids is 1. The van der Waals surface area contributed by atoms with E-state index in [1.54, 1.807) is 0 Å². The van der Waals surface area contributed by atoms with Crippen molar-refractivity contribution in [3.05, 3.63) is 53.3 Å². The topological polar surface area (TPSA) is 87.6 Å². The first kappa shape index (κ1) is 21.3. The standard InChI is InChI=1S/C23H26N4O3S/c1-15-7-8-17(23-25-16(2)26-31-23)13-19(15)24-14-22(29)27-10-9-18-20(27)5-3-6-21(18)30-12-4-11-28/h3,5-8,13,24,28H,4,9-12,14H2,1-2H3. The largest absolute Gasteiger partial charge is 0.493 e. The number of amides is 1. The SMILES string of the molecule is Cc1nsc(-c2ccc(C)c(NCC(=O)N3CCc4c(OCCCO)cccc43)c2)n1. The first-order chi connectivity index (χ1) is 15.1. The van der Waals surface area contributed by atoms with E-state index in [1.165, 1.54) is 11.5 Å². The monoisotopic (exact) mass is 438 g/mol. The molecule has 0 spiro atoms. The zero-order chi connectivity index (χ0) is 21.8. The number of aliphatic hydroxyl groups is 1.